The molecular formula is C23H22ClNO3. The van der Waals surface area contributed by atoms with Crippen LogP contribution in [0.15, 0.2) is 72.8 Å². The van der Waals surface area contributed by atoms with Crippen LogP contribution in [0.4, 0.5) is 0 Å². The van der Waals surface area contributed by atoms with Gasteiger partial charge in [-0.1, -0.05) is 60.1 Å². The number of hydrogen-bond acceptors (Lipinski definition) is 3. The summed E-state index contributed by atoms with van der Waals surface area (Å²) >= 11 is 6.11. The van der Waals surface area contributed by atoms with E-state index in [9.17, 15) is 4.79 Å². The third kappa shape index (κ3) is 5.27. The molecule has 4 nitrogen and oxygen atoms in total. The first-order chi connectivity index (χ1) is 13.7. The summed E-state index contributed by atoms with van der Waals surface area (Å²) in [4.78, 5) is 12.8. The van der Waals surface area contributed by atoms with Gasteiger partial charge in [-0.2, -0.15) is 0 Å². The molecule has 5 heteroatoms. The minimum Gasteiger partial charge on any atom is -0.494 e. The van der Waals surface area contributed by atoms with Crippen LogP contribution < -0.4 is 14.8 Å². The average Bonchev–Trinajstić information content (AvgIpc) is 2.73. The van der Waals surface area contributed by atoms with E-state index in [1.165, 1.54) is 0 Å². The highest BCUT2D eigenvalue weighted by molar-refractivity contribution is 6.31. The lowest BCUT2D eigenvalue weighted by atomic mass is 10.1. The maximum atomic E-state index is 12.8. The lowest BCUT2D eigenvalue weighted by Crippen LogP contribution is -2.24. The van der Waals surface area contributed by atoms with Gasteiger partial charge in [0.25, 0.3) is 5.91 Å². The van der Waals surface area contributed by atoms with Gasteiger partial charge < -0.3 is 14.8 Å². The van der Waals surface area contributed by atoms with Gasteiger partial charge in [0.15, 0.2) is 0 Å². The van der Waals surface area contributed by atoms with E-state index < -0.39 is 0 Å². The molecule has 0 bridgehead atoms. The number of carbonyl (C=O) groups excluding carboxylic acids is 1. The number of benzene rings is 3. The molecule has 3 aromatic rings. The van der Waals surface area contributed by atoms with Crippen LogP contribution in [0.25, 0.3) is 0 Å². The highest BCUT2D eigenvalue weighted by Gasteiger charge is 2.14. The summed E-state index contributed by atoms with van der Waals surface area (Å²) in [5.74, 6) is 0.998. The second-order valence-corrected chi connectivity index (χ2v) is 6.57. The molecular weight excluding hydrogens is 374 g/mol. The number of carbonyl (C=O) groups is 1. The maximum Gasteiger partial charge on any atom is 0.255 e. The van der Waals surface area contributed by atoms with E-state index in [4.69, 9.17) is 21.1 Å². The van der Waals surface area contributed by atoms with Crippen molar-refractivity contribution in [3.05, 3.63) is 94.5 Å². The summed E-state index contributed by atoms with van der Waals surface area (Å²) in [6, 6.07) is 22.5. The van der Waals surface area contributed by atoms with E-state index in [0.29, 0.717) is 36.1 Å². The van der Waals surface area contributed by atoms with E-state index in [-0.39, 0.29) is 5.91 Å². The predicted octanol–water partition coefficient (Wildman–Crippen LogP) is 5.25. The van der Waals surface area contributed by atoms with Crippen LogP contribution in [0.5, 0.6) is 11.5 Å². The fourth-order valence-corrected chi connectivity index (χ4v) is 2.93. The van der Waals surface area contributed by atoms with Gasteiger partial charge in [0.05, 0.1) is 12.2 Å². The molecule has 3 aromatic carbocycles. The molecule has 0 aliphatic carbocycles. The van der Waals surface area contributed by atoms with Crippen LogP contribution in [-0.2, 0) is 13.2 Å². The molecule has 3 rings (SSSR count). The number of nitrogens with one attached hydrogen (secondary N) is 1. The largest absolute Gasteiger partial charge is 0.494 e. The minimum atomic E-state index is -0.253. The summed E-state index contributed by atoms with van der Waals surface area (Å²) in [7, 11) is 0. The monoisotopic (exact) mass is 395 g/mol. The molecule has 0 spiro atoms. The minimum absolute atomic E-state index is 0.253. The highest BCUT2D eigenvalue weighted by Crippen LogP contribution is 2.24. The topological polar surface area (TPSA) is 47.6 Å². The van der Waals surface area contributed by atoms with Crippen molar-refractivity contribution >= 4 is 17.5 Å². The van der Waals surface area contributed by atoms with Crippen molar-refractivity contribution < 1.29 is 14.3 Å². The Morgan fingerprint density at radius 3 is 2.46 bits per heavy atom. The van der Waals surface area contributed by atoms with Crippen LogP contribution in [0.2, 0.25) is 5.02 Å². The fraction of sp³-hybridized carbons (Fsp3) is 0.174. The molecule has 0 radical (unpaired) electrons. The van der Waals surface area contributed by atoms with Gasteiger partial charge in [0, 0.05) is 17.1 Å². The lowest BCUT2D eigenvalue weighted by Gasteiger charge is -2.14. The summed E-state index contributed by atoms with van der Waals surface area (Å²) in [6.07, 6.45) is 0. The van der Waals surface area contributed by atoms with Gasteiger partial charge in [-0.05, 0) is 36.8 Å². The molecule has 144 valence electrons. The Morgan fingerprint density at radius 1 is 0.929 bits per heavy atom. The van der Waals surface area contributed by atoms with E-state index >= 15 is 0 Å². The van der Waals surface area contributed by atoms with E-state index in [0.717, 1.165) is 16.9 Å². The smallest absolute Gasteiger partial charge is 0.255 e. The summed E-state index contributed by atoms with van der Waals surface area (Å²) < 4.78 is 11.5. The molecule has 0 aliphatic heterocycles. The molecule has 1 amide bonds. The molecule has 0 saturated carbocycles. The van der Waals surface area contributed by atoms with Crippen LogP contribution in [0.3, 0.4) is 0 Å². The number of para-hydroxylation sites is 1. The first-order valence-electron chi connectivity index (χ1n) is 9.12. The summed E-state index contributed by atoms with van der Waals surface area (Å²) in [5.41, 5.74) is 2.33. The Kier molecular flexibility index (Phi) is 6.93. The number of hydrogen-bond donors (Lipinski definition) is 1. The Balaban J connectivity index is 1.71. The first-order valence-corrected chi connectivity index (χ1v) is 9.50. The zero-order chi connectivity index (χ0) is 19.8. The van der Waals surface area contributed by atoms with Gasteiger partial charge in [0.2, 0.25) is 0 Å². The third-order valence-corrected chi connectivity index (χ3v) is 4.37. The van der Waals surface area contributed by atoms with Crippen molar-refractivity contribution in [1.29, 1.82) is 0 Å². The molecule has 1 N–H and O–H groups in total. The second-order valence-electron chi connectivity index (χ2n) is 6.14. The number of rotatable bonds is 8. The van der Waals surface area contributed by atoms with Crippen molar-refractivity contribution in [2.45, 2.75) is 20.1 Å². The van der Waals surface area contributed by atoms with E-state index in [2.05, 4.69) is 5.32 Å². The van der Waals surface area contributed by atoms with Crippen molar-refractivity contribution in [3.63, 3.8) is 0 Å². The van der Waals surface area contributed by atoms with E-state index in [1.807, 2.05) is 61.5 Å². The quantitative estimate of drug-likeness (QED) is 0.566. The molecule has 0 aliphatic rings. The van der Waals surface area contributed by atoms with Gasteiger partial charge >= 0.3 is 0 Å². The molecule has 0 atom stereocenters. The van der Waals surface area contributed by atoms with E-state index in [1.54, 1.807) is 18.2 Å². The zero-order valence-corrected chi connectivity index (χ0v) is 16.4. The van der Waals surface area contributed by atoms with Gasteiger partial charge in [0.1, 0.15) is 18.1 Å². The Bertz CT molecular complexity index is 928. The third-order valence-electron chi connectivity index (χ3n) is 4.14. The Morgan fingerprint density at radius 2 is 1.68 bits per heavy atom. The highest BCUT2D eigenvalue weighted by atomic mass is 35.5. The van der Waals surface area contributed by atoms with Crippen molar-refractivity contribution in [1.82, 2.24) is 5.32 Å². The summed E-state index contributed by atoms with van der Waals surface area (Å²) in [5, 5.41) is 3.40. The molecule has 0 fully saturated rings. The van der Waals surface area contributed by atoms with Crippen LogP contribution >= 0.6 is 11.6 Å². The summed E-state index contributed by atoms with van der Waals surface area (Å²) in [6.45, 7) is 3.21. The molecule has 0 aromatic heterocycles. The number of halogens is 1. The Labute approximate surface area is 170 Å². The van der Waals surface area contributed by atoms with Crippen LogP contribution in [0.1, 0.15) is 28.4 Å². The maximum absolute atomic E-state index is 12.8. The number of amides is 1. The SMILES string of the molecule is CCOc1ccccc1CNC(=O)c1cc(Cl)ccc1OCc1ccccc1. The molecule has 0 unspecified atom stereocenters. The van der Waals surface area contributed by atoms with Gasteiger partial charge in [-0.3, -0.25) is 4.79 Å². The first kappa shape index (κ1) is 19.8. The molecule has 28 heavy (non-hydrogen) atoms. The Hall–Kier alpha value is -2.98. The normalized spacial score (nSPS) is 10.4. The van der Waals surface area contributed by atoms with Gasteiger partial charge in [-0.25, -0.2) is 0 Å². The second kappa shape index (κ2) is 9.81. The zero-order valence-electron chi connectivity index (χ0n) is 15.7. The van der Waals surface area contributed by atoms with Crippen LogP contribution in [0, 0.1) is 0 Å². The molecule has 0 heterocycles. The van der Waals surface area contributed by atoms with Crippen LogP contribution in [-0.4, -0.2) is 12.5 Å². The predicted molar refractivity (Wildman–Crippen MR) is 111 cm³/mol. The van der Waals surface area contributed by atoms with Crippen molar-refractivity contribution in [3.8, 4) is 11.5 Å². The number of ether oxygens (including phenoxy) is 2. The van der Waals surface area contributed by atoms with Crippen molar-refractivity contribution in [2.24, 2.45) is 0 Å². The molecule has 0 saturated heterocycles. The lowest BCUT2D eigenvalue weighted by molar-refractivity contribution is 0.0946. The average molecular weight is 396 g/mol. The van der Waals surface area contributed by atoms with Gasteiger partial charge in [-0.15, -0.1) is 0 Å². The van der Waals surface area contributed by atoms with Crippen molar-refractivity contribution in [2.75, 3.05) is 6.61 Å². The standard InChI is InChI=1S/C23H22ClNO3/c1-2-27-21-11-7-6-10-18(21)15-25-23(26)20-14-19(24)12-13-22(20)28-16-17-8-4-3-5-9-17/h3-14H,2,15-16H2,1H3,(H,25,26). The fourth-order valence-electron chi connectivity index (χ4n) is 2.76.